The highest BCUT2D eigenvalue weighted by atomic mass is 16.6. The summed E-state index contributed by atoms with van der Waals surface area (Å²) in [5.74, 6) is 0. The van der Waals surface area contributed by atoms with Crippen LogP contribution in [0.1, 0.15) is 19.4 Å². The smallest absolute Gasteiger partial charge is 0.272 e. The van der Waals surface area contributed by atoms with Crippen molar-refractivity contribution in [1.82, 2.24) is 0 Å². The fourth-order valence-electron chi connectivity index (χ4n) is 0.884. The number of benzene rings is 1. The number of aryl methyl sites for hydroxylation is 1. The van der Waals surface area contributed by atoms with Crippen LogP contribution in [0.3, 0.4) is 0 Å². The van der Waals surface area contributed by atoms with Gasteiger partial charge in [0.15, 0.2) is 0 Å². The van der Waals surface area contributed by atoms with Crippen molar-refractivity contribution in [2.45, 2.75) is 20.8 Å². The number of hydrogen-bond acceptors (Lipinski definition) is 3. The quantitative estimate of drug-likeness (QED) is 0.412. The Labute approximate surface area is 77.5 Å². The van der Waals surface area contributed by atoms with Crippen LogP contribution in [0.5, 0.6) is 0 Å². The molecule has 0 aromatic heterocycles. The Morgan fingerprint density at radius 2 is 1.92 bits per heavy atom. The van der Waals surface area contributed by atoms with Crippen LogP contribution in [-0.2, 0) is 0 Å². The molecule has 0 bridgehead atoms. The highest BCUT2D eigenvalue weighted by molar-refractivity contribution is 5.50. The molecule has 0 atom stereocenters. The highest BCUT2D eigenvalue weighted by Crippen LogP contribution is 2.19. The van der Waals surface area contributed by atoms with E-state index in [1.54, 1.807) is 13.0 Å². The van der Waals surface area contributed by atoms with Crippen LogP contribution in [0.25, 0.3) is 0 Å². The minimum atomic E-state index is -0.422. The first kappa shape index (κ1) is 11.4. The topological polar surface area (TPSA) is 69.2 Å². The van der Waals surface area contributed by atoms with Crippen LogP contribution >= 0.6 is 0 Å². The van der Waals surface area contributed by atoms with Crippen LogP contribution in [0.4, 0.5) is 11.4 Å². The number of nitrogen functional groups attached to an aromatic ring is 1. The van der Waals surface area contributed by atoms with E-state index in [2.05, 4.69) is 0 Å². The largest absolute Gasteiger partial charge is 0.399 e. The molecular weight excluding hydrogens is 168 g/mol. The maximum Gasteiger partial charge on any atom is 0.272 e. The van der Waals surface area contributed by atoms with Gasteiger partial charge in [0.05, 0.1) is 4.92 Å². The third-order valence-electron chi connectivity index (χ3n) is 1.42. The van der Waals surface area contributed by atoms with Crippen molar-refractivity contribution in [2.75, 3.05) is 5.73 Å². The molecule has 0 fully saturated rings. The van der Waals surface area contributed by atoms with Gasteiger partial charge in [0.2, 0.25) is 0 Å². The van der Waals surface area contributed by atoms with Gasteiger partial charge in [-0.1, -0.05) is 13.8 Å². The zero-order valence-corrected chi connectivity index (χ0v) is 8.07. The Balaban J connectivity index is 0.000000671. The summed E-state index contributed by atoms with van der Waals surface area (Å²) in [4.78, 5) is 9.88. The molecule has 1 rings (SSSR count). The van der Waals surface area contributed by atoms with E-state index in [0.29, 0.717) is 11.3 Å². The van der Waals surface area contributed by atoms with E-state index in [-0.39, 0.29) is 5.69 Å². The molecule has 0 unspecified atom stereocenters. The van der Waals surface area contributed by atoms with Crippen molar-refractivity contribution >= 4 is 11.4 Å². The van der Waals surface area contributed by atoms with Crippen molar-refractivity contribution in [3.63, 3.8) is 0 Å². The van der Waals surface area contributed by atoms with Gasteiger partial charge in [-0.2, -0.15) is 0 Å². The van der Waals surface area contributed by atoms with Gasteiger partial charge in [-0.05, 0) is 19.1 Å². The van der Waals surface area contributed by atoms with E-state index < -0.39 is 4.92 Å². The van der Waals surface area contributed by atoms with Crippen LogP contribution in [-0.4, -0.2) is 4.92 Å². The molecule has 0 aliphatic heterocycles. The first-order valence-electron chi connectivity index (χ1n) is 4.12. The lowest BCUT2D eigenvalue weighted by Gasteiger charge is -1.96. The molecule has 0 radical (unpaired) electrons. The highest BCUT2D eigenvalue weighted by Gasteiger charge is 2.08. The molecule has 1 aromatic rings. The first-order chi connectivity index (χ1) is 6.11. The summed E-state index contributed by atoms with van der Waals surface area (Å²) in [5, 5.41) is 10.3. The standard InChI is InChI=1S/C7H8N2O2.C2H6/c1-5-4-6(8)2-3-7(5)9(10)11;1-2/h2-4H,8H2,1H3;1-2H3. The molecule has 72 valence electrons. The summed E-state index contributed by atoms with van der Waals surface area (Å²) in [6, 6.07) is 4.51. The molecule has 4 heteroatoms. The second-order valence-corrected chi connectivity index (χ2v) is 2.30. The minimum absolute atomic E-state index is 0.110. The van der Waals surface area contributed by atoms with Gasteiger partial charge in [0.1, 0.15) is 0 Å². The van der Waals surface area contributed by atoms with Crippen LogP contribution in [0, 0.1) is 17.0 Å². The maximum absolute atomic E-state index is 10.3. The zero-order chi connectivity index (χ0) is 10.4. The second-order valence-electron chi connectivity index (χ2n) is 2.30. The molecule has 0 saturated carbocycles. The predicted molar refractivity (Wildman–Crippen MR) is 53.6 cm³/mol. The van der Waals surface area contributed by atoms with Crippen molar-refractivity contribution in [2.24, 2.45) is 0 Å². The normalized spacial score (nSPS) is 8.54. The Hall–Kier alpha value is -1.58. The first-order valence-corrected chi connectivity index (χ1v) is 4.12. The fraction of sp³-hybridized carbons (Fsp3) is 0.333. The van der Waals surface area contributed by atoms with Crippen molar-refractivity contribution in [1.29, 1.82) is 0 Å². The SMILES string of the molecule is CC.Cc1cc(N)ccc1[N+](=O)[O-]. The van der Waals surface area contributed by atoms with Gasteiger partial charge in [-0.15, -0.1) is 0 Å². The maximum atomic E-state index is 10.3. The van der Waals surface area contributed by atoms with Gasteiger partial charge >= 0.3 is 0 Å². The van der Waals surface area contributed by atoms with E-state index in [1.165, 1.54) is 12.1 Å². The van der Waals surface area contributed by atoms with E-state index >= 15 is 0 Å². The van der Waals surface area contributed by atoms with Gasteiger partial charge in [0, 0.05) is 17.3 Å². The third-order valence-corrected chi connectivity index (χ3v) is 1.42. The Bertz CT molecular complexity index is 298. The van der Waals surface area contributed by atoms with Crippen LogP contribution in [0.15, 0.2) is 18.2 Å². The van der Waals surface area contributed by atoms with Crippen LogP contribution < -0.4 is 5.73 Å². The van der Waals surface area contributed by atoms with Crippen LogP contribution in [0.2, 0.25) is 0 Å². The summed E-state index contributed by atoms with van der Waals surface area (Å²) in [6.07, 6.45) is 0. The lowest BCUT2D eigenvalue weighted by atomic mass is 10.2. The molecule has 4 nitrogen and oxygen atoms in total. The number of nitrogens with zero attached hydrogens (tertiary/aromatic N) is 1. The third kappa shape index (κ3) is 3.11. The average Bonchev–Trinajstić information content (AvgIpc) is 2.07. The summed E-state index contributed by atoms with van der Waals surface area (Å²) in [7, 11) is 0. The molecule has 13 heavy (non-hydrogen) atoms. The summed E-state index contributed by atoms with van der Waals surface area (Å²) < 4.78 is 0. The number of nitro benzene ring substituents is 1. The zero-order valence-electron chi connectivity index (χ0n) is 8.07. The molecule has 0 spiro atoms. The van der Waals surface area contributed by atoms with Crippen molar-refractivity contribution < 1.29 is 4.92 Å². The number of nitrogens with two attached hydrogens (primary N) is 1. The van der Waals surface area contributed by atoms with Gasteiger partial charge in [0.25, 0.3) is 5.69 Å². The van der Waals surface area contributed by atoms with E-state index in [1.807, 2.05) is 13.8 Å². The molecule has 0 amide bonds. The van der Waals surface area contributed by atoms with Gasteiger partial charge in [-0.3, -0.25) is 10.1 Å². The predicted octanol–water partition coefficient (Wildman–Crippen LogP) is 2.51. The van der Waals surface area contributed by atoms with Crippen molar-refractivity contribution in [3.05, 3.63) is 33.9 Å². The molecular formula is C9H14N2O2. The monoisotopic (exact) mass is 182 g/mol. The van der Waals surface area contributed by atoms with Gasteiger partial charge in [-0.25, -0.2) is 0 Å². The Kier molecular flexibility index (Phi) is 4.51. The number of nitro groups is 1. The molecule has 0 aliphatic carbocycles. The molecule has 2 N–H and O–H groups in total. The molecule has 1 aromatic carbocycles. The van der Waals surface area contributed by atoms with Crippen molar-refractivity contribution in [3.8, 4) is 0 Å². The van der Waals surface area contributed by atoms with E-state index in [0.717, 1.165) is 0 Å². The minimum Gasteiger partial charge on any atom is -0.399 e. The number of rotatable bonds is 1. The second kappa shape index (κ2) is 5.13. The Morgan fingerprint density at radius 3 is 2.31 bits per heavy atom. The van der Waals surface area contributed by atoms with E-state index in [9.17, 15) is 10.1 Å². The van der Waals surface area contributed by atoms with E-state index in [4.69, 9.17) is 5.73 Å². The fourth-order valence-corrected chi connectivity index (χ4v) is 0.884. The summed E-state index contributed by atoms with van der Waals surface area (Å²) in [5.41, 5.74) is 6.66. The summed E-state index contributed by atoms with van der Waals surface area (Å²) >= 11 is 0. The lowest BCUT2D eigenvalue weighted by molar-refractivity contribution is -0.385. The number of anilines is 1. The molecule has 0 aliphatic rings. The summed E-state index contributed by atoms with van der Waals surface area (Å²) in [6.45, 7) is 5.66. The average molecular weight is 182 g/mol. The lowest BCUT2D eigenvalue weighted by Crippen LogP contribution is -1.93. The number of hydrogen-bond donors (Lipinski definition) is 1. The molecule has 0 heterocycles. The molecule has 0 saturated heterocycles. The van der Waals surface area contributed by atoms with Gasteiger partial charge < -0.3 is 5.73 Å². The Morgan fingerprint density at radius 1 is 1.38 bits per heavy atom.